The van der Waals surface area contributed by atoms with E-state index in [1.54, 1.807) is 6.92 Å². The van der Waals surface area contributed by atoms with Crippen molar-refractivity contribution in [1.29, 1.82) is 0 Å². The summed E-state index contributed by atoms with van der Waals surface area (Å²) in [4.78, 5) is 0. The van der Waals surface area contributed by atoms with Crippen LogP contribution in [0.2, 0.25) is 0 Å². The van der Waals surface area contributed by atoms with E-state index in [1.165, 1.54) is 0 Å². The van der Waals surface area contributed by atoms with E-state index in [4.69, 9.17) is 0 Å². The van der Waals surface area contributed by atoms with Crippen molar-refractivity contribution in [3.05, 3.63) is 0 Å². The molecule has 0 bridgehead atoms. The molecule has 1 heteroatoms. The highest BCUT2D eigenvalue weighted by atomic mass is 19.1. The van der Waals surface area contributed by atoms with Gasteiger partial charge in [0.1, 0.15) is 0 Å². The van der Waals surface area contributed by atoms with Gasteiger partial charge in [0, 0.05) is 0 Å². The van der Waals surface area contributed by atoms with Crippen LogP contribution < -0.4 is 0 Å². The van der Waals surface area contributed by atoms with E-state index in [0.29, 0.717) is 6.42 Å². The second-order valence-electron chi connectivity index (χ2n) is 3.55. The third-order valence-electron chi connectivity index (χ3n) is 0.894. The van der Waals surface area contributed by atoms with Crippen molar-refractivity contribution < 1.29 is 4.39 Å². The molecule has 0 N–H and O–H groups in total. The number of hydrogen-bond donors (Lipinski definition) is 0. The molecule has 0 rings (SSSR count). The van der Waals surface area contributed by atoms with Crippen LogP contribution >= 0.6 is 0 Å². The van der Waals surface area contributed by atoms with Crippen molar-refractivity contribution >= 4 is 0 Å². The van der Waals surface area contributed by atoms with Crippen molar-refractivity contribution in [2.45, 2.75) is 40.3 Å². The summed E-state index contributed by atoms with van der Waals surface area (Å²) in [7, 11) is 0. The maximum Gasteiger partial charge on any atom is 0.0978 e. The summed E-state index contributed by atoms with van der Waals surface area (Å²) < 4.78 is 12.2. The molecule has 0 radical (unpaired) electrons. The van der Waals surface area contributed by atoms with E-state index < -0.39 is 6.17 Å². The van der Waals surface area contributed by atoms with Crippen LogP contribution in [0.25, 0.3) is 0 Å². The quantitative estimate of drug-likeness (QED) is 0.496. The Kier molecular flexibility index (Phi) is 2.45. The molecule has 0 aromatic heterocycles. The van der Waals surface area contributed by atoms with Crippen LogP contribution in [0.4, 0.5) is 4.39 Å². The lowest BCUT2D eigenvalue weighted by Crippen LogP contribution is -2.10. The van der Waals surface area contributed by atoms with Gasteiger partial charge < -0.3 is 0 Å². The minimum absolute atomic E-state index is 0.147. The minimum Gasteiger partial charge on any atom is -0.248 e. The van der Waals surface area contributed by atoms with E-state index in [-0.39, 0.29) is 5.41 Å². The van der Waals surface area contributed by atoms with Crippen LogP contribution in [0.5, 0.6) is 0 Å². The molecule has 0 saturated heterocycles. The minimum atomic E-state index is -0.657. The largest absolute Gasteiger partial charge is 0.248 e. The number of halogens is 1. The first-order valence-corrected chi connectivity index (χ1v) is 3.06. The predicted molar refractivity (Wildman–Crippen MR) is 34.6 cm³/mol. The maximum atomic E-state index is 12.2. The molecule has 0 spiro atoms. The summed E-state index contributed by atoms with van der Waals surface area (Å²) in [6.45, 7) is 7.74. The van der Waals surface area contributed by atoms with Gasteiger partial charge in [-0.2, -0.15) is 0 Å². The Bertz CT molecular complexity index is 59.3. The average Bonchev–Trinajstić information content (AvgIpc) is 1.21. The van der Waals surface area contributed by atoms with Crippen LogP contribution in [-0.2, 0) is 0 Å². The van der Waals surface area contributed by atoms with Gasteiger partial charge in [-0.25, -0.2) is 4.39 Å². The highest BCUT2D eigenvalue weighted by molar-refractivity contribution is 4.64. The van der Waals surface area contributed by atoms with Crippen LogP contribution in [0.3, 0.4) is 0 Å². The third kappa shape index (κ3) is 5.93. The molecule has 0 heterocycles. The highest BCUT2D eigenvalue weighted by Crippen LogP contribution is 2.21. The first-order valence-electron chi connectivity index (χ1n) is 3.06. The van der Waals surface area contributed by atoms with Gasteiger partial charge in [-0.1, -0.05) is 20.8 Å². The Balaban J connectivity index is 3.39. The average molecular weight is 118 g/mol. The second kappa shape index (κ2) is 2.47. The molecule has 0 amide bonds. The molecule has 0 aromatic carbocycles. The third-order valence-corrected chi connectivity index (χ3v) is 0.894. The van der Waals surface area contributed by atoms with Crippen molar-refractivity contribution in [1.82, 2.24) is 0 Å². The summed E-state index contributed by atoms with van der Waals surface area (Å²) in [6, 6.07) is 0. The Morgan fingerprint density at radius 2 is 1.75 bits per heavy atom. The molecule has 8 heavy (non-hydrogen) atoms. The molecular formula is C7H15F. The smallest absolute Gasteiger partial charge is 0.0978 e. The topological polar surface area (TPSA) is 0 Å². The van der Waals surface area contributed by atoms with Crippen LogP contribution in [-0.4, -0.2) is 6.17 Å². The molecule has 0 fully saturated rings. The van der Waals surface area contributed by atoms with E-state index in [9.17, 15) is 4.39 Å². The van der Waals surface area contributed by atoms with Gasteiger partial charge in [0.2, 0.25) is 0 Å². The molecule has 0 aliphatic carbocycles. The lowest BCUT2D eigenvalue weighted by Gasteiger charge is -2.17. The lowest BCUT2D eigenvalue weighted by atomic mass is 9.90. The van der Waals surface area contributed by atoms with Gasteiger partial charge in [-0.15, -0.1) is 0 Å². The lowest BCUT2D eigenvalue weighted by molar-refractivity contribution is 0.241. The summed E-state index contributed by atoms with van der Waals surface area (Å²) in [6.07, 6.45) is 0.00231. The summed E-state index contributed by atoms with van der Waals surface area (Å²) >= 11 is 0. The van der Waals surface area contributed by atoms with Crippen LogP contribution in [0.15, 0.2) is 0 Å². The normalized spacial score (nSPS) is 16.1. The predicted octanol–water partition coefficient (Wildman–Crippen LogP) is 2.78. The monoisotopic (exact) mass is 118 g/mol. The SMILES string of the molecule is CC(F)CC(C)(C)C. The molecule has 0 aliphatic rings. The van der Waals surface area contributed by atoms with Gasteiger partial charge in [0.05, 0.1) is 6.17 Å². The summed E-state index contributed by atoms with van der Waals surface area (Å²) in [5.41, 5.74) is 0.147. The summed E-state index contributed by atoms with van der Waals surface area (Å²) in [5.74, 6) is 0. The number of rotatable bonds is 1. The second-order valence-corrected chi connectivity index (χ2v) is 3.55. The zero-order chi connectivity index (χ0) is 6.78. The summed E-state index contributed by atoms with van der Waals surface area (Å²) in [5, 5.41) is 0. The molecule has 0 saturated carbocycles. The van der Waals surface area contributed by atoms with Crippen molar-refractivity contribution in [3.63, 3.8) is 0 Å². The molecule has 1 unspecified atom stereocenters. The van der Waals surface area contributed by atoms with Crippen molar-refractivity contribution in [2.75, 3.05) is 0 Å². The van der Waals surface area contributed by atoms with E-state index >= 15 is 0 Å². The highest BCUT2D eigenvalue weighted by Gasteiger charge is 2.13. The zero-order valence-corrected chi connectivity index (χ0v) is 6.16. The van der Waals surface area contributed by atoms with Gasteiger partial charge in [-0.05, 0) is 18.8 Å². The fourth-order valence-electron chi connectivity index (χ4n) is 0.844. The standard InChI is InChI=1S/C7H15F/c1-6(8)5-7(2,3)4/h6H,5H2,1-4H3. The number of alkyl halides is 1. The maximum absolute atomic E-state index is 12.2. The molecule has 0 nitrogen and oxygen atoms in total. The molecule has 50 valence electrons. The molecule has 0 aromatic rings. The van der Waals surface area contributed by atoms with Gasteiger partial charge >= 0.3 is 0 Å². The fraction of sp³-hybridized carbons (Fsp3) is 1.00. The molecule has 1 atom stereocenters. The first-order chi connectivity index (χ1) is 3.42. The van der Waals surface area contributed by atoms with Crippen LogP contribution in [0.1, 0.15) is 34.1 Å². The fourth-order valence-corrected chi connectivity index (χ4v) is 0.844. The van der Waals surface area contributed by atoms with Crippen molar-refractivity contribution in [2.24, 2.45) is 5.41 Å². The molecular weight excluding hydrogens is 103 g/mol. The van der Waals surface area contributed by atoms with Crippen molar-refractivity contribution in [3.8, 4) is 0 Å². The molecule has 0 aliphatic heterocycles. The Labute approximate surface area is 51.1 Å². The van der Waals surface area contributed by atoms with Gasteiger partial charge in [0.15, 0.2) is 0 Å². The van der Waals surface area contributed by atoms with Gasteiger partial charge in [-0.3, -0.25) is 0 Å². The Morgan fingerprint density at radius 1 is 1.38 bits per heavy atom. The van der Waals surface area contributed by atoms with E-state index in [0.717, 1.165) is 0 Å². The van der Waals surface area contributed by atoms with E-state index in [1.807, 2.05) is 20.8 Å². The number of hydrogen-bond acceptors (Lipinski definition) is 0. The Hall–Kier alpha value is -0.0700. The Morgan fingerprint density at radius 3 is 1.75 bits per heavy atom. The zero-order valence-electron chi connectivity index (χ0n) is 6.16. The van der Waals surface area contributed by atoms with Crippen LogP contribution in [0, 0.1) is 5.41 Å². The first kappa shape index (κ1) is 7.93. The van der Waals surface area contributed by atoms with E-state index in [2.05, 4.69) is 0 Å². The van der Waals surface area contributed by atoms with Gasteiger partial charge in [0.25, 0.3) is 0 Å².